The van der Waals surface area contributed by atoms with E-state index in [1.54, 1.807) is 41.1 Å². The molecule has 0 aliphatic heterocycles. The van der Waals surface area contributed by atoms with Gasteiger partial charge in [0, 0.05) is 11.1 Å². The predicted octanol–water partition coefficient (Wildman–Crippen LogP) is 2.55. The molecule has 0 bridgehead atoms. The highest BCUT2D eigenvalue weighted by molar-refractivity contribution is 7.92. The van der Waals surface area contributed by atoms with Crippen LogP contribution in [-0.4, -0.2) is 8.42 Å². The maximum atomic E-state index is 11.8. The topological polar surface area (TPSA) is 46.2 Å². The third-order valence-electron chi connectivity index (χ3n) is 1.83. The molecule has 0 spiro atoms. The summed E-state index contributed by atoms with van der Waals surface area (Å²) in [5, 5.41) is 3.34. The first-order chi connectivity index (χ1) is 7.18. The van der Waals surface area contributed by atoms with E-state index < -0.39 is 10.0 Å². The fraction of sp³-hybridized carbons (Fsp3) is 0. The summed E-state index contributed by atoms with van der Waals surface area (Å²) in [4.78, 5) is 0.302. The second-order valence-electron chi connectivity index (χ2n) is 2.93. The standard InChI is InChI=1S/C10H9NO2S2/c12-15(13,10-6-7-14-8-10)11-9-4-2-1-3-5-9/h1-8,11H. The number of sulfonamides is 1. The smallest absolute Gasteiger partial charge is 0.262 e. The number of rotatable bonds is 3. The molecular formula is C10H9NO2S2. The largest absolute Gasteiger partial charge is 0.280 e. The van der Waals surface area contributed by atoms with E-state index in [0.717, 1.165) is 0 Å². The second-order valence-corrected chi connectivity index (χ2v) is 5.39. The maximum absolute atomic E-state index is 11.8. The fourth-order valence-electron chi connectivity index (χ4n) is 1.13. The third kappa shape index (κ3) is 2.37. The summed E-state index contributed by atoms with van der Waals surface area (Å²) in [6.45, 7) is 0. The van der Waals surface area contributed by atoms with Crippen LogP contribution in [0.5, 0.6) is 0 Å². The molecule has 0 fully saturated rings. The van der Waals surface area contributed by atoms with Crippen LogP contribution >= 0.6 is 11.3 Å². The van der Waals surface area contributed by atoms with Crippen LogP contribution in [0.2, 0.25) is 0 Å². The van der Waals surface area contributed by atoms with Crippen LogP contribution in [0.15, 0.2) is 52.1 Å². The zero-order valence-electron chi connectivity index (χ0n) is 7.75. The van der Waals surface area contributed by atoms with Crippen LogP contribution < -0.4 is 4.72 Å². The maximum Gasteiger partial charge on any atom is 0.262 e. The van der Waals surface area contributed by atoms with Crippen molar-refractivity contribution in [1.82, 2.24) is 0 Å². The molecule has 15 heavy (non-hydrogen) atoms. The summed E-state index contributed by atoms with van der Waals surface area (Å²) in [5.41, 5.74) is 0.573. The minimum atomic E-state index is -3.41. The summed E-state index contributed by atoms with van der Waals surface area (Å²) >= 11 is 1.36. The highest BCUT2D eigenvalue weighted by atomic mass is 32.2. The number of hydrogen-bond acceptors (Lipinski definition) is 3. The molecule has 1 N–H and O–H groups in total. The lowest BCUT2D eigenvalue weighted by Gasteiger charge is -2.05. The van der Waals surface area contributed by atoms with E-state index >= 15 is 0 Å². The van der Waals surface area contributed by atoms with Crippen molar-refractivity contribution in [1.29, 1.82) is 0 Å². The molecule has 0 unspecified atom stereocenters. The number of thiophene rings is 1. The molecule has 2 aromatic rings. The monoisotopic (exact) mass is 239 g/mol. The zero-order valence-corrected chi connectivity index (χ0v) is 9.38. The van der Waals surface area contributed by atoms with Crippen LogP contribution in [0, 0.1) is 0 Å². The van der Waals surface area contributed by atoms with Gasteiger partial charge in [-0.1, -0.05) is 18.2 Å². The second kappa shape index (κ2) is 4.04. The van der Waals surface area contributed by atoms with Crippen LogP contribution in [0.25, 0.3) is 0 Å². The lowest BCUT2D eigenvalue weighted by Crippen LogP contribution is -2.11. The minimum Gasteiger partial charge on any atom is -0.280 e. The van der Waals surface area contributed by atoms with E-state index in [2.05, 4.69) is 4.72 Å². The van der Waals surface area contributed by atoms with Crippen molar-refractivity contribution in [2.45, 2.75) is 4.90 Å². The Labute approximate surface area is 92.4 Å². The van der Waals surface area contributed by atoms with Crippen molar-refractivity contribution in [2.75, 3.05) is 4.72 Å². The molecule has 1 aromatic carbocycles. The fourth-order valence-corrected chi connectivity index (χ4v) is 3.21. The van der Waals surface area contributed by atoms with Gasteiger partial charge in [-0.15, -0.1) is 0 Å². The zero-order chi connectivity index (χ0) is 10.7. The van der Waals surface area contributed by atoms with Crippen LogP contribution in [-0.2, 0) is 10.0 Å². The lowest BCUT2D eigenvalue weighted by molar-refractivity contribution is 0.601. The first kappa shape index (κ1) is 10.2. The van der Waals surface area contributed by atoms with Gasteiger partial charge in [0.2, 0.25) is 0 Å². The van der Waals surface area contributed by atoms with Crippen molar-refractivity contribution < 1.29 is 8.42 Å². The molecule has 0 aliphatic rings. The Balaban J connectivity index is 2.27. The Hall–Kier alpha value is -1.33. The Kier molecular flexibility index (Phi) is 2.75. The van der Waals surface area contributed by atoms with Crippen molar-refractivity contribution >= 4 is 27.0 Å². The molecule has 1 heterocycles. The van der Waals surface area contributed by atoms with Gasteiger partial charge < -0.3 is 0 Å². The summed E-state index contributed by atoms with van der Waals surface area (Å²) in [6.07, 6.45) is 0. The molecule has 1 aromatic heterocycles. The quantitative estimate of drug-likeness (QED) is 0.894. The summed E-state index contributed by atoms with van der Waals surface area (Å²) in [6, 6.07) is 10.4. The van der Waals surface area contributed by atoms with Gasteiger partial charge in [0.15, 0.2) is 0 Å². The van der Waals surface area contributed by atoms with E-state index in [1.807, 2.05) is 6.07 Å². The van der Waals surface area contributed by atoms with Gasteiger partial charge in [0.25, 0.3) is 10.0 Å². The van der Waals surface area contributed by atoms with Crippen LogP contribution in [0.4, 0.5) is 5.69 Å². The number of anilines is 1. The Morgan fingerprint density at radius 1 is 1.07 bits per heavy atom. The minimum absolute atomic E-state index is 0.302. The molecule has 5 heteroatoms. The number of para-hydroxylation sites is 1. The van der Waals surface area contributed by atoms with Gasteiger partial charge >= 0.3 is 0 Å². The summed E-state index contributed by atoms with van der Waals surface area (Å²) in [5.74, 6) is 0. The van der Waals surface area contributed by atoms with E-state index in [1.165, 1.54) is 11.3 Å². The van der Waals surface area contributed by atoms with Gasteiger partial charge in [-0.05, 0) is 23.6 Å². The van der Waals surface area contributed by atoms with E-state index in [-0.39, 0.29) is 0 Å². The van der Waals surface area contributed by atoms with Crippen LogP contribution in [0.3, 0.4) is 0 Å². The van der Waals surface area contributed by atoms with Gasteiger partial charge in [-0.25, -0.2) is 8.42 Å². The first-order valence-corrected chi connectivity index (χ1v) is 6.71. The van der Waals surface area contributed by atoms with Crippen molar-refractivity contribution in [3.05, 3.63) is 47.2 Å². The number of benzene rings is 1. The van der Waals surface area contributed by atoms with Gasteiger partial charge in [-0.2, -0.15) is 11.3 Å². The molecule has 0 atom stereocenters. The molecule has 0 aliphatic carbocycles. The van der Waals surface area contributed by atoms with Crippen molar-refractivity contribution in [3.63, 3.8) is 0 Å². The molecule has 3 nitrogen and oxygen atoms in total. The summed E-state index contributed by atoms with van der Waals surface area (Å²) < 4.78 is 26.0. The predicted molar refractivity (Wildman–Crippen MR) is 61.6 cm³/mol. The van der Waals surface area contributed by atoms with E-state index in [0.29, 0.717) is 10.6 Å². The van der Waals surface area contributed by atoms with Gasteiger partial charge in [-0.3, -0.25) is 4.72 Å². The van der Waals surface area contributed by atoms with Crippen molar-refractivity contribution in [3.8, 4) is 0 Å². The Bertz CT molecular complexity index is 518. The Morgan fingerprint density at radius 3 is 2.40 bits per heavy atom. The third-order valence-corrected chi connectivity index (χ3v) is 4.04. The van der Waals surface area contributed by atoms with Crippen LogP contribution in [0.1, 0.15) is 0 Å². The average Bonchev–Trinajstić information content (AvgIpc) is 2.71. The highest BCUT2D eigenvalue weighted by Gasteiger charge is 2.13. The number of hydrogen-bond donors (Lipinski definition) is 1. The number of nitrogens with one attached hydrogen (secondary N) is 1. The average molecular weight is 239 g/mol. The molecule has 0 radical (unpaired) electrons. The molecule has 2 rings (SSSR count). The first-order valence-electron chi connectivity index (χ1n) is 4.28. The highest BCUT2D eigenvalue weighted by Crippen LogP contribution is 2.17. The van der Waals surface area contributed by atoms with E-state index in [9.17, 15) is 8.42 Å². The summed E-state index contributed by atoms with van der Waals surface area (Å²) in [7, 11) is -3.41. The lowest BCUT2D eigenvalue weighted by atomic mass is 10.3. The van der Waals surface area contributed by atoms with Crippen molar-refractivity contribution in [2.24, 2.45) is 0 Å². The molecule has 0 amide bonds. The van der Waals surface area contributed by atoms with Gasteiger partial charge in [0.1, 0.15) is 0 Å². The molecule has 0 saturated carbocycles. The van der Waals surface area contributed by atoms with E-state index in [4.69, 9.17) is 0 Å². The van der Waals surface area contributed by atoms with Gasteiger partial charge in [0.05, 0.1) is 4.90 Å². The SMILES string of the molecule is O=S(=O)(Nc1ccccc1)c1ccsc1. The molecule has 78 valence electrons. The molecular weight excluding hydrogens is 230 g/mol. The Morgan fingerprint density at radius 2 is 1.80 bits per heavy atom. The normalized spacial score (nSPS) is 11.2. The molecule has 0 saturated heterocycles.